The molecule has 0 aromatic heterocycles. The molecule has 1 saturated heterocycles. The minimum Gasteiger partial charge on any atom is -0.469 e. The van der Waals surface area contributed by atoms with E-state index in [2.05, 4.69) is 15.4 Å². The largest absolute Gasteiger partial charge is 0.469 e. The molecule has 2 N–H and O–H groups in total. The third-order valence-electron chi connectivity index (χ3n) is 4.88. The van der Waals surface area contributed by atoms with Gasteiger partial charge in [-0.25, -0.2) is 0 Å². The highest BCUT2D eigenvalue weighted by Crippen LogP contribution is 2.17. The van der Waals surface area contributed by atoms with Crippen LogP contribution in [0.2, 0.25) is 0 Å². The summed E-state index contributed by atoms with van der Waals surface area (Å²) in [5.41, 5.74) is 0. The van der Waals surface area contributed by atoms with Crippen molar-refractivity contribution in [2.45, 2.75) is 63.5 Å². The van der Waals surface area contributed by atoms with Crippen LogP contribution in [-0.4, -0.2) is 61.5 Å². The number of hydrogen-bond acceptors (Lipinski definition) is 5. The Morgan fingerprint density at radius 2 is 1.96 bits per heavy atom. The molecule has 1 saturated carbocycles. The van der Waals surface area contributed by atoms with Crippen LogP contribution >= 0.6 is 0 Å². The Morgan fingerprint density at radius 3 is 2.62 bits per heavy atom. The van der Waals surface area contributed by atoms with Crippen LogP contribution in [-0.2, 0) is 19.1 Å². The smallest absolute Gasteiger partial charge is 0.307 e. The first kappa shape index (κ1) is 18.7. The van der Waals surface area contributed by atoms with Gasteiger partial charge in [0.1, 0.15) is 0 Å². The third-order valence-corrected chi connectivity index (χ3v) is 4.88. The summed E-state index contributed by atoms with van der Waals surface area (Å²) in [4.78, 5) is 37.6. The highest BCUT2D eigenvalue weighted by atomic mass is 16.5. The van der Waals surface area contributed by atoms with Crippen molar-refractivity contribution in [3.05, 3.63) is 0 Å². The van der Waals surface area contributed by atoms with Gasteiger partial charge < -0.3 is 15.4 Å². The quantitative estimate of drug-likeness (QED) is 0.546. The number of hydrogen-bond donors (Lipinski definition) is 2. The highest BCUT2D eigenvalue weighted by Gasteiger charge is 2.32. The van der Waals surface area contributed by atoms with Gasteiger partial charge >= 0.3 is 5.97 Å². The zero-order valence-corrected chi connectivity index (χ0v) is 14.5. The molecule has 7 nitrogen and oxygen atoms in total. The Balaban J connectivity index is 1.80. The van der Waals surface area contributed by atoms with E-state index in [0.29, 0.717) is 26.1 Å². The lowest BCUT2D eigenvalue weighted by Gasteiger charge is -2.34. The van der Waals surface area contributed by atoms with E-state index in [9.17, 15) is 14.4 Å². The van der Waals surface area contributed by atoms with Gasteiger partial charge in [-0.3, -0.25) is 19.3 Å². The van der Waals surface area contributed by atoms with E-state index in [1.54, 1.807) is 0 Å². The van der Waals surface area contributed by atoms with Crippen molar-refractivity contribution in [3.8, 4) is 0 Å². The van der Waals surface area contributed by atoms with Crippen LogP contribution < -0.4 is 10.6 Å². The van der Waals surface area contributed by atoms with Gasteiger partial charge in [0.05, 0.1) is 19.6 Å². The highest BCUT2D eigenvalue weighted by molar-refractivity contribution is 5.87. The SMILES string of the molecule is COC(=O)C[C@@H]1C(=O)NCCN1CCC(=O)NC1CCCCCC1. The number of ether oxygens (including phenoxy) is 1. The van der Waals surface area contributed by atoms with E-state index in [-0.39, 0.29) is 24.3 Å². The fourth-order valence-corrected chi connectivity index (χ4v) is 3.46. The Labute approximate surface area is 143 Å². The number of nitrogens with zero attached hydrogens (tertiary/aromatic N) is 1. The maximum absolute atomic E-state index is 12.2. The predicted molar refractivity (Wildman–Crippen MR) is 89.3 cm³/mol. The first-order valence-corrected chi connectivity index (χ1v) is 8.98. The van der Waals surface area contributed by atoms with Crippen molar-refractivity contribution < 1.29 is 19.1 Å². The summed E-state index contributed by atoms with van der Waals surface area (Å²) in [6, 6.07) is -0.257. The number of carbonyl (C=O) groups is 3. The van der Waals surface area contributed by atoms with Gasteiger partial charge in [-0.15, -0.1) is 0 Å². The second kappa shape index (κ2) is 9.61. The number of esters is 1. The molecule has 2 rings (SSSR count). The second-order valence-electron chi connectivity index (χ2n) is 6.63. The van der Waals surface area contributed by atoms with Crippen molar-refractivity contribution >= 4 is 17.8 Å². The molecule has 0 bridgehead atoms. The number of nitrogens with one attached hydrogen (secondary N) is 2. The summed E-state index contributed by atoms with van der Waals surface area (Å²) >= 11 is 0. The Morgan fingerprint density at radius 1 is 1.25 bits per heavy atom. The van der Waals surface area contributed by atoms with Crippen molar-refractivity contribution in [2.75, 3.05) is 26.7 Å². The topological polar surface area (TPSA) is 87.7 Å². The van der Waals surface area contributed by atoms with E-state index in [1.165, 1.54) is 32.8 Å². The van der Waals surface area contributed by atoms with E-state index in [1.807, 2.05) is 4.90 Å². The standard InChI is InChI=1S/C17H29N3O4/c1-24-16(22)12-14-17(23)18-9-11-20(14)10-8-15(21)19-13-6-4-2-3-5-7-13/h13-14H,2-12H2,1H3,(H,18,23)(H,19,21)/t14-/m1/s1. The molecular weight excluding hydrogens is 310 g/mol. The van der Waals surface area contributed by atoms with Crippen LogP contribution in [0.15, 0.2) is 0 Å². The van der Waals surface area contributed by atoms with Crippen LogP contribution in [0.5, 0.6) is 0 Å². The van der Waals surface area contributed by atoms with Crippen molar-refractivity contribution in [3.63, 3.8) is 0 Å². The van der Waals surface area contributed by atoms with E-state index in [0.717, 1.165) is 12.8 Å². The summed E-state index contributed by atoms with van der Waals surface area (Å²) < 4.78 is 4.66. The second-order valence-corrected chi connectivity index (χ2v) is 6.63. The lowest BCUT2D eigenvalue weighted by Crippen LogP contribution is -2.56. The van der Waals surface area contributed by atoms with Crippen LogP contribution in [0.25, 0.3) is 0 Å². The zero-order chi connectivity index (χ0) is 17.4. The number of rotatable bonds is 6. The molecule has 0 aromatic carbocycles. The molecule has 2 fully saturated rings. The average molecular weight is 339 g/mol. The fourth-order valence-electron chi connectivity index (χ4n) is 3.46. The first-order valence-electron chi connectivity index (χ1n) is 8.98. The molecule has 0 unspecified atom stereocenters. The lowest BCUT2D eigenvalue weighted by molar-refractivity contribution is -0.146. The summed E-state index contributed by atoms with van der Waals surface area (Å²) in [6.45, 7) is 1.67. The summed E-state index contributed by atoms with van der Waals surface area (Å²) in [5, 5.41) is 5.88. The molecule has 7 heteroatoms. The normalized spacial score (nSPS) is 23.2. The molecular formula is C17H29N3O4. The summed E-state index contributed by atoms with van der Waals surface area (Å²) in [7, 11) is 1.31. The molecule has 24 heavy (non-hydrogen) atoms. The molecule has 1 aliphatic heterocycles. The van der Waals surface area contributed by atoms with Crippen molar-refractivity contribution in [2.24, 2.45) is 0 Å². The number of methoxy groups -OCH3 is 1. The van der Waals surface area contributed by atoms with Crippen LogP contribution in [0.1, 0.15) is 51.4 Å². The third kappa shape index (κ3) is 5.78. The molecule has 1 atom stereocenters. The minimum atomic E-state index is -0.545. The fraction of sp³-hybridized carbons (Fsp3) is 0.824. The van der Waals surface area contributed by atoms with Crippen molar-refractivity contribution in [1.82, 2.24) is 15.5 Å². The molecule has 0 aromatic rings. The maximum atomic E-state index is 12.2. The number of piperazine rings is 1. The van der Waals surface area contributed by atoms with Crippen LogP contribution in [0.4, 0.5) is 0 Å². The first-order chi connectivity index (χ1) is 11.6. The van der Waals surface area contributed by atoms with Gasteiger partial charge in [-0.1, -0.05) is 25.7 Å². The minimum absolute atomic E-state index is 0.0204. The van der Waals surface area contributed by atoms with Crippen molar-refractivity contribution in [1.29, 1.82) is 0 Å². The zero-order valence-electron chi connectivity index (χ0n) is 14.5. The Kier molecular flexibility index (Phi) is 7.49. The van der Waals surface area contributed by atoms with Crippen LogP contribution in [0.3, 0.4) is 0 Å². The molecule has 1 heterocycles. The molecule has 136 valence electrons. The van der Waals surface area contributed by atoms with E-state index < -0.39 is 12.0 Å². The predicted octanol–water partition coefficient (Wildman–Crippen LogP) is 0.579. The summed E-state index contributed by atoms with van der Waals surface area (Å²) in [6.07, 6.45) is 7.35. The maximum Gasteiger partial charge on any atom is 0.307 e. The summed E-state index contributed by atoms with van der Waals surface area (Å²) in [5.74, 6) is -0.550. The molecule has 0 radical (unpaired) electrons. The number of carbonyl (C=O) groups excluding carboxylic acids is 3. The van der Waals surface area contributed by atoms with Gasteiger partial charge in [0.2, 0.25) is 11.8 Å². The Hall–Kier alpha value is -1.63. The van der Waals surface area contributed by atoms with Gasteiger partial charge in [-0.2, -0.15) is 0 Å². The van der Waals surface area contributed by atoms with E-state index in [4.69, 9.17) is 0 Å². The van der Waals surface area contributed by atoms with Gasteiger partial charge in [0.15, 0.2) is 0 Å². The molecule has 2 aliphatic rings. The van der Waals surface area contributed by atoms with Gasteiger partial charge in [0, 0.05) is 32.1 Å². The lowest BCUT2D eigenvalue weighted by atomic mass is 10.1. The average Bonchev–Trinajstić information content (AvgIpc) is 2.83. The van der Waals surface area contributed by atoms with Crippen LogP contribution in [0, 0.1) is 0 Å². The monoisotopic (exact) mass is 339 g/mol. The molecule has 0 spiro atoms. The number of amides is 2. The molecule has 2 amide bonds. The van der Waals surface area contributed by atoms with E-state index >= 15 is 0 Å². The molecule has 1 aliphatic carbocycles. The Bertz CT molecular complexity index is 447. The van der Waals surface area contributed by atoms with Gasteiger partial charge in [0.25, 0.3) is 0 Å². The van der Waals surface area contributed by atoms with Gasteiger partial charge in [-0.05, 0) is 12.8 Å².